The normalized spacial score (nSPS) is 13.1. The molecule has 0 aliphatic rings. The van der Waals surface area contributed by atoms with Gasteiger partial charge in [-0.1, -0.05) is 18.7 Å². The summed E-state index contributed by atoms with van der Waals surface area (Å²) < 4.78 is 1.15. The van der Waals surface area contributed by atoms with Crippen LogP contribution in [0.15, 0.2) is 37.7 Å². The Hall–Kier alpha value is -1.05. The average molecular weight is 355 g/mol. The van der Waals surface area contributed by atoms with E-state index < -0.39 is 0 Å². The molecule has 0 radical (unpaired) electrons. The quantitative estimate of drug-likeness (QED) is 0.329. The fourth-order valence-electron chi connectivity index (χ4n) is 1.86. The Morgan fingerprint density at radius 3 is 3.00 bits per heavy atom. The molecule has 0 saturated carbocycles. The molecule has 1 unspecified atom stereocenters. The van der Waals surface area contributed by atoms with Gasteiger partial charge in [0.05, 0.1) is 0 Å². The van der Waals surface area contributed by atoms with E-state index in [1.54, 1.807) is 22.7 Å². The molecule has 4 nitrogen and oxygen atoms in total. The lowest BCUT2D eigenvalue weighted by atomic mass is 10.1. The molecule has 0 fully saturated rings. The summed E-state index contributed by atoms with van der Waals surface area (Å²) >= 11 is 5.25. The Kier molecular flexibility index (Phi) is 7.76. The number of rotatable bonds is 8. The number of thioether (sulfide) groups is 1. The molecule has 0 aliphatic heterocycles. The predicted octanol–water partition coefficient (Wildman–Crippen LogP) is 3.66. The van der Waals surface area contributed by atoms with E-state index in [1.165, 1.54) is 5.56 Å². The first-order valence-corrected chi connectivity index (χ1v) is 10.1. The van der Waals surface area contributed by atoms with Crippen molar-refractivity contribution in [2.45, 2.75) is 23.6 Å². The van der Waals surface area contributed by atoms with Gasteiger partial charge in [-0.3, -0.25) is 4.99 Å². The first-order chi connectivity index (χ1) is 10.8. The second kappa shape index (κ2) is 9.86. The molecule has 0 bridgehead atoms. The Morgan fingerprint density at radius 1 is 1.41 bits per heavy atom. The van der Waals surface area contributed by atoms with Crippen LogP contribution in [-0.2, 0) is 0 Å². The largest absolute Gasteiger partial charge is 0.356 e. The summed E-state index contributed by atoms with van der Waals surface area (Å²) in [6.45, 7) is 4.04. The van der Waals surface area contributed by atoms with E-state index in [0.717, 1.165) is 35.6 Å². The number of nitrogens with one attached hydrogen (secondary N) is 2. The second-order valence-electron chi connectivity index (χ2n) is 4.84. The van der Waals surface area contributed by atoms with E-state index in [9.17, 15) is 0 Å². The van der Waals surface area contributed by atoms with Crippen LogP contribution in [0.2, 0.25) is 0 Å². The van der Waals surface area contributed by atoms with Crippen molar-refractivity contribution in [1.82, 2.24) is 15.6 Å². The van der Waals surface area contributed by atoms with Crippen LogP contribution in [0.4, 0.5) is 0 Å². The third kappa shape index (κ3) is 5.98. The van der Waals surface area contributed by atoms with Gasteiger partial charge in [0.1, 0.15) is 4.34 Å². The Morgan fingerprint density at radius 2 is 2.32 bits per heavy atom. The monoisotopic (exact) mass is 354 g/mol. The van der Waals surface area contributed by atoms with Crippen molar-refractivity contribution in [2.75, 3.05) is 25.9 Å². The number of aromatic nitrogens is 1. The van der Waals surface area contributed by atoms with Crippen molar-refractivity contribution in [3.05, 3.63) is 34.0 Å². The van der Waals surface area contributed by atoms with Crippen LogP contribution in [-0.4, -0.2) is 36.8 Å². The van der Waals surface area contributed by atoms with Gasteiger partial charge in [-0.2, -0.15) is 11.3 Å². The van der Waals surface area contributed by atoms with Crippen molar-refractivity contribution in [3.63, 3.8) is 0 Å². The van der Waals surface area contributed by atoms with Crippen molar-refractivity contribution >= 4 is 40.4 Å². The minimum absolute atomic E-state index is 0.491. The smallest absolute Gasteiger partial charge is 0.190 e. The highest BCUT2D eigenvalue weighted by molar-refractivity contribution is 8.00. The number of guanidine groups is 1. The zero-order valence-electron chi connectivity index (χ0n) is 12.9. The molecule has 2 aromatic heterocycles. The number of hydrogen-bond donors (Lipinski definition) is 2. The molecule has 2 heterocycles. The van der Waals surface area contributed by atoms with Gasteiger partial charge in [-0.15, -0.1) is 11.3 Å². The fourth-order valence-corrected chi connectivity index (χ4v) is 4.29. The standard InChI is InChI=1S/C15H22N4S3/c1-12(13-4-8-20-11-13)10-19-14(16-2)17-5-3-7-21-15-18-6-9-22-15/h4,6,8-9,11-12H,3,5,7,10H2,1-2H3,(H2,16,17,19). The zero-order chi connectivity index (χ0) is 15.6. The number of aliphatic imine (C=N–C) groups is 1. The third-order valence-corrected chi connectivity index (χ3v) is 5.91. The maximum atomic E-state index is 4.27. The highest BCUT2D eigenvalue weighted by atomic mass is 32.2. The van der Waals surface area contributed by atoms with Crippen LogP contribution >= 0.6 is 34.4 Å². The molecular weight excluding hydrogens is 332 g/mol. The summed E-state index contributed by atoms with van der Waals surface area (Å²) in [5, 5.41) is 13.1. The Balaban J connectivity index is 1.59. The van der Waals surface area contributed by atoms with E-state index in [-0.39, 0.29) is 0 Å². The van der Waals surface area contributed by atoms with Crippen LogP contribution < -0.4 is 10.6 Å². The molecule has 0 aliphatic carbocycles. The molecule has 22 heavy (non-hydrogen) atoms. The third-order valence-electron chi connectivity index (χ3n) is 3.16. The maximum absolute atomic E-state index is 4.27. The van der Waals surface area contributed by atoms with Gasteiger partial charge in [-0.25, -0.2) is 4.98 Å². The first kappa shape index (κ1) is 17.3. The summed E-state index contributed by atoms with van der Waals surface area (Å²) in [6, 6.07) is 2.18. The lowest BCUT2D eigenvalue weighted by molar-refractivity contribution is 0.698. The van der Waals surface area contributed by atoms with E-state index in [4.69, 9.17) is 0 Å². The van der Waals surface area contributed by atoms with Crippen LogP contribution in [0.3, 0.4) is 0 Å². The minimum atomic E-state index is 0.491. The van der Waals surface area contributed by atoms with Gasteiger partial charge in [0.25, 0.3) is 0 Å². The zero-order valence-corrected chi connectivity index (χ0v) is 15.4. The SMILES string of the molecule is CN=C(NCCCSc1nccs1)NCC(C)c1ccsc1. The molecule has 2 aromatic rings. The molecule has 0 spiro atoms. The molecule has 7 heteroatoms. The maximum Gasteiger partial charge on any atom is 0.190 e. The number of nitrogens with zero attached hydrogens (tertiary/aromatic N) is 2. The highest BCUT2D eigenvalue weighted by Crippen LogP contribution is 2.20. The summed E-state index contributed by atoms with van der Waals surface area (Å²) in [4.78, 5) is 8.53. The second-order valence-corrected chi connectivity index (χ2v) is 7.85. The van der Waals surface area contributed by atoms with Crippen molar-refractivity contribution in [3.8, 4) is 0 Å². The average Bonchev–Trinajstić information content (AvgIpc) is 3.22. The minimum Gasteiger partial charge on any atom is -0.356 e. The molecule has 120 valence electrons. The number of thiophene rings is 1. The van der Waals surface area contributed by atoms with Gasteiger partial charge in [0.2, 0.25) is 0 Å². The fraction of sp³-hybridized carbons (Fsp3) is 0.467. The Bertz CT molecular complexity index is 537. The van der Waals surface area contributed by atoms with Gasteiger partial charge in [0, 0.05) is 37.5 Å². The molecule has 2 N–H and O–H groups in total. The van der Waals surface area contributed by atoms with E-state index in [2.05, 4.69) is 44.4 Å². The summed E-state index contributed by atoms with van der Waals surface area (Å²) in [5.41, 5.74) is 1.38. The van der Waals surface area contributed by atoms with Gasteiger partial charge < -0.3 is 10.6 Å². The predicted molar refractivity (Wildman–Crippen MR) is 99.6 cm³/mol. The summed E-state index contributed by atoms with van der Waals surface area (Å²) in [5.74, 6) is 2.44. The summed E-state index contributed by atoms with van der Waals surface area (Å²) in [7, 11) is 1.81. The molecule has 0 saturated heterocycles. The van der Waals surface area contributed by atoms with E-state index in [1.807, 2.05) is 30.4 Å². The first-order valence-electron chi connectivity index (χ1n) is 7.28. The van der Waals surface area contributed by atoms with Crippen LogP contribution in [0.1, 0.15) is 24.8 Å². The van der Waals surface area contributed by atoms with Crippen molar-refractivity contribution in [2.24, 2.45) is 4.99 Å². The molecule has 2 rings (SSSR count). The van der Waals surface area contributed by atoms with Crippen LogP contribution in [0, 0.1) is 0 Å². The Labute approximate surface area is 144 Å². The van der Waals surface area contributed by atoms with Crippen molar-refractivity contribution < 1.29 is 0 Å². The van der Waals surface area contributed by atoms with E-state index >= 15 is 0 Å². The van der Waals surface area contributed by atoms with Crippen LogP contribution in [0.5, 0.6) is 0 Å². The van der Waals surface area contributed by atoms with Crippen LogP contribution in [0.25, 0.3) is 0 Å². The topological polar surface area (TPSA) is 49.3 Å². The molecule has 1 atom stereocenters. The van der Waals surface area contributed by atoms with Gasteiger partial charge in [0.15, 0.2) is 5.96 Å². The molecular formula is C15H22N4S3. The van der Waals surface area contributed by atoms with E-state index in [0.29, 0.717) is 5.92 Å². The van der Waals surface area contributed by atoms with Gasteiger partial charge in [-0.05, 0) is 34.7 Å². The lowest BCUT2D eigenvalue weighted by Gasteiger charge is -2.15. The molecule has 0 amide bonds. The summed E-state index contributed by atoms with van der Waals surface area (Å²) in [6.07, 6.45) is 2.94. The van der Waals surface area contributed by atoms with Gasteiger partial charge >= 0.3 is 0 Å². The highest BCUT2D eigenvalue weighted by Gasteiger charge is 2.06. The number of hydrogen-bond acceptors (Lipinski definition) is 5. The van der Waals surface area contributed by atoms with Crippen molar-refractivity contribution in [1.29, 1.82) is 0 Å². The number of thiazole rings is 1. The lowest BCUT2D eigenvalue weighted by Crippen LogP contribution is -2.39. The molecule has 0 aromatic carbocycles.